The van der Waals surface area contributed by atoms with Crippen molar-refractivity contribution in [2.45, 2.75) is 69.7 Å². The Hall–Kier alpha value is -1.39. The summed E-state index contributed by atoms with van der Waals surface area (Å²) in [5.74, 6) is 0.747. The topological polar surface area (TPSA) is 57.0 Å². The maximum atomic E-state index is 12.7. The largest absolute Gasteiger partial charge is 0.465 e. The number of aromatic nitrogens is 3. The molecular weight excluding hydrogens is 254 g/mol. The average Bonchev–Trinajstić information content (AvgIpc) is 3.23. The molecule has 5 heteroatoms. The molecule has 0 spiro atoms. The number of esters is 1. The van der Waals surface area contributed by atoms with Crippen molar-refractivity contribution in [2.24, 2.45) is 0 Å². The van der Waals surface area contributed by atoms with E-state index in [4.69, 9.17) is 4.74 Å². The van der Waals surface area contributed by atoms with Gasteiger partial charge in [0.1, 0.15) is 11.7 Å². The summed E-state index contributed by atoms with van der Waals surface area (Å²) in [4.78, 5) is 12.7. The molecule has 0 amide bonds. The van der Waals surface area contributed by atoms with Crippen LogP contribution in [0.25, 0.3) is 0 Å². The van der Waals surface area contributed by atoms with Gasteiger partial charge in [-0.2, -0.15) is 0 Å². The molecule has 0 bridgehead atoms. The van der Waals surface area contributed by atoms with Crippen LogP contribution in [0.15, 0.2) is 6.33 Å². The lowest BCUT2D eigenvalue weighted by molar-refractivity contribution is -0.151. The number of ether oxygens (including phenoxy) is 1. The molecular formula is C15H23N3O2. The highest BCUT2D eigenvalue weighted by Gasteiger charge is 2.47. The van der Waals surface area contributed by atoms with Crippen molar-refractivity contribution in [3.8, 4) is 0 Å². The molecule has 1 aromatic heterocycles. The van der Waals surface area contributed by atoms with E-state index in [9.17, 15) is 4.79 Å². The molecule has 0 saturated heterocycles. The van der Waals surface area contributed by atoms with Gasteiger partial charge < -0.3 is 9.30 Å². The minimum absolute atomic E-state index is 0.100. The average molecular weight is 277 g/mol. The Morgan fingerprint density at radius 3 is 2.65 bits per heavy atom. The van der Waals surface area contributed by atoms with E-state index in [-0.39, 0.29) is 5.97 Å². The number of hydrogen-bond acceptors (Lipinski definition) is 4. The van der Waals surface area contributed by atoms with Gasteiger partial charge in [-0.25, -0.2) is 0 Å². The van der Waals surface area contributed by atoms with E-state index in [1.54, 1.807) is 6.33 Å². The Balaban J connectivity index is 1.98. The summed E-state index contributed by atoms with van der Waals surface area (Å²) in [5, 5.41) is 8.41. The quantitative estimate of drug-likeness (QED) is 0.627. The number of carbonyl (C=O) groups is 1. The standard InChI is InChI=1S/C15H23N3O2/c1-2-20-14(19)15(9-5-3-4-6-10-15)13-17-16-11-18(13)12-7-8-12/h11-12H,2-10H2,1H3. The van der Waals surface area contributed by atoms with Crippen molar-refractivity contribution in [3.05, 3.63) is 12.2 Å². The summed E-state index contributed by atoms with van der Waals surface area (Å²) >= 11 is 0. The maximum Gasteiger partial charge on any atom is 0.319 e. The lowest BCUT2D eigenvalue weighted by Gasteiger charge is -2.29. The van der Waals surface area contributed by atoms with Crippen molar-refractivity contribution in [1.29, 1.82) is 0 Å². The van der Waals surface area contributed by atoms with E-state index >= 15 is 0 Å². The summed E-state index contributed by atoms with van der Waals surface area (Å²) in [6.45, 7) is 2.30. The molecule has 110 valence electrons. The number of hydrogen-bond donors (Lipinski definition) is 0. The van der Waals surface area contributed by atoms with Gasteiger partial charge in [0.25, 0.3) is 0 Å². The molecule has 2 fully saturated rings. The maximum absolute atomic E-state index is 12.7. The molecule has 2 aliphatic carbocycles. The van der Waals surface area contributed by atoms with Crippen LogP contribution in [0, 0.1) is 0 Å². The summed E-state index contributed by atoms with van der Waals surface area (Å²) in [7, 11) is 0. The Morgan fingerprint density at radius 2 is 2.05 bits per heavy atom. The SMILES string of the molecule is CCOC(=O)C1(c2nncn2C2CC2)CCCCCC1. The number of carbonyl (C=O) groups excluding carboxylic acids is 1. The molecule has 5 nitrogen and oxygen atoms in total. The van der Waals surface area contributed by atoms with Gasteiger partial charge >= 0.3 is 5.97 Å². The van der Waals surface area contributed by atoms with Gasteiger partial charge in [-0.05, 0) is 32.6 Å². The third-order valence-corrected chi connectivity index (χ3v) is 4.56. The predicted octanol–water partition coefficient (Wildman–Crippen LogP) is 2.77. The monoisotopic (exact) mass is 277 g/mol. The lowest BCUT2D eigenvalue weighted by atomic mass is 9.79. The van der Waals surface area contributed by atoms with E-state index in [1.165, 1.54) is 25.7 Å². The molecule has 1 aromatic rings. The molecule has 2 aliphatic rings. The van der Waals surface area contributed by atoms with Crippen molar-refractivity contribution >= 4 is 5.97 Å². The molecule has 0 unspecified atom stereocenters. The second-order valence-corrected chi connectivity index (χ2v) is 6.01. The molecule has 2 saturated carbocycles. The van der Waals surface area contributed by atoms with Crippen LogP contribution in [0.5, 0.6) is 0 Å². The summed E-state index contributed by atoms with van der Waals surface area (Å²) in [5.41, 5.74) is -0.564. The molecule has 1 heterocycles. The van der Waals surface area contributed by atoms with E-state index in [2.05, 4.69) is 14.8 Å². The molecule has 0 aromatic carbocycles. The van der Waals surface area contributed by atoms with E-state index in [0.717, 1.165) is 31.5 Å². The summed E-state index contributed by atoms with van der Waals surface area (Å²) < 4.78 is 7.53. The zero-order valence-electron chi connectivity index (χ0n) is 12.2. The molecule has 3 rings (SSSR count). The molecule has 0 N–H and O–H groups in total. The highest BCUT2D eigenvalue weighted by Crippen LogP contribution is 2.43. The molecule has 0 aliphatic heterocycles. The van der Waals surface area contributed by atoms with Crippen LogP contribution in [0.4, 0.5) is 0 Å². The zero-order chi connectivity index (χ0) is 14.0. The minimum Gasteiger partial charge on any atom is -0.465 e. The van der Waals surface area contributed by atoms with Crippen LogP contribution in [-0.4, -0.2) is 27.3 Å². The van der Waals surface area contributed by atoms with Gasteiger partial charge in [0.15, 0.2) is 5.82 Å². The number of rotatable bonds is 4. The third kappa shape index (κ3) is 2.34. The van der Waals surface area contributed by atoms with Crippen LogP contribution in [-0.2, 0) is 14.9 Å². The lowest BCUT2D eigenvalue weighted by Crippen LogP contribution is -2.40. The number of nitrogens with zero attached hydrogens (tertiary/aromatic N) is 3. The first-order chi connectivity index (χ1) is 9.78. The molecule has 20 heavy (non-hydrogen) atoms. The van der Waals surface area contributed by atoms with Crippen molar-refractivity contribution in [3.63, 3.8) is 0 Å². The van der Waals surface area contributed by atoms with Gasteiger partial charge in [0, 0.05) is 6.04 Å². The van der Waals surface area contributed by atoms with Crippen molar-refractivity contribution < 1.29 is 9.53 Å². The van der Waals surface area contributed by atoms with E-state index in [0.29, 0.717) is 12.6 Å². The van der Waals surface area contributed by atoms with E-state index < -0.39 is 5.41 Å². The Labute approximate surface area is 119 Å². The summed E-state index contributed by atoms with van der Waals surface area (Å²) in [6, 6.07) is 0.495. The van der Waals surface area contributed by atoms with Gasteiger partial charge in [-0.1, -0.05) is 25.7 Å². The van der Waals surface area contributed by atoms with Crippen LogP contribution in [0.2, 0.25) is 0 Å². The minimum atomic E-state index is -0.564. The smallest absolute Gasteiger partial charge is 0.319 e. The van der Waals surface area contributed by atoms with E-state index in [1.807, 2.05) is 6.92 Å². The highest BCUT2D eigenvalue weighted by molar-refractivity contribution is 5.82. The van der Waals surface area contributed by atoms with Crippen LogP contribution >= 0.6 is 0 Å². The van der Waals surface area contributed by atoms with Crippen LogP contribution < -0.4 is 0 Å². The molecule has 0 atom stereocenters. The first-order valence-electron chi connectivity index (χ1n) is 7.85. The van der Waals surface area contributed by atoms with Gasteiger partial charge in [-0.15, -0.1) is 10.2 Å². The Kier molecular flexibility index (Phi) is 3.76. The van der Waals surface area contributed by atoms with Gasteiger partial charge in [0.05, 0.1) is 6.61 Å². The van der Waals surface area contributed by atoms with Crippen LogP contribution in [0.3, 0.4) is 0 Å². The first-order valence-corrected chi connectivity index (χ1v) is 7.85. The van der Waals surface area contributed by atoms with Crippen LogP contribution in [0.1, 0.15) is 70.2 Å². The Bertz CT molecular complexity index is 471. The fourth-order valence-electron chi connectivity index (χ4n) is 3.33. The second-order valence-electron chi connectivity index (χ2n) is 6.01. The molecule has 0 radical (unpaired) electrons. The fraction of sp³-hybridized carbons (Fsp3) is 0.800. The third-order valence-electron chi connectivity index (χ3n) is 4.56. The van der Waals surface area contributed by atoms with Crippen molar-refractivity contribution in [2.75, 3.05) is 6.61 Å². The van der Waals surface area contributed by atoms with Crippen molar-refractivity contribution in [1.82, 2.24) is 14.8 Å². The summed E-state index contributed by atoms with van der Waals surface area (Å²) in [6.07, 6.45) is 10.3. The second kappa shape index (κ2) is 5.54. The van der Waals surface area contributed by atoms with Gasteiger partial charge in [-0.3, -0.25) is 4.79 Å². The Morgan fingerprint density at radius 1 is 1.35 bits per heavy atom. The highest BCUT2D eigenvalue weighted by atomic mass is 16.5. The predicted molar refractivity (Wildman–Crippen MR) is 74.3 cm³/mol. The fourth-order valence-corrected chi connectivity index (χ4v) is 3.33. The first kappa shape index (κ1) is 13.6. The van der Waals surface area contributed by atoms with Gasteiger partial charge in [0.2, 0.25) is 0 Å². The zero-order valence-corrected chi connectivity index (χ0v) is 12.2. The normalized spacial score (nSPS) is 22.2.